The van der Waals surface area contributed by atoms with E-state index in [2.05, 4.69) is 20.5 Å². The van der Waals surface area contributed by atoms with Crippen molar-refractivity contribution >= 4 is 35.1 Å². The zero-order valence-electron chi connectivity index (χ0n) is 24.5. The molecule has 2 aromatic carbocycles. The molecule has 3 heterocycles. The van der Waals surface area contributed by atoms with E-state index in [0.717, 1.165) is 54.9 Å². The molecule has 1 saturated heterocycles. The van der Waals surface area contributed by atoms with Crippen LogP contribution in [-0.2, 0) is 4.79 Å². The van der Waals surface area contributed by atoms with Crippen LogP contribution >= 0.6 is 0 Å². The van der Waals surface area contributed by atoms with E-state index in [4.69, 9.17) is 0 Å². The van der Waals surface area contributed by atoms with Crippen molar-refractivity contribution in [2.45, 2.75) is 52.1 Å². The average molecular weight is 554 g/mol. The lowest BCUT2D eigenvalue weighted by Crippen LogP contribution is -2.41. The normalized spacial score (nSPS) is 18.1. The number of anilines is 1. The van der Waals surface area contributed by atoms with Crippen LogP contribution in [0.5, 0.6) is 0 Å². The Kier molecular flexibility index (Phi) is 8.13. The molecule has 3 aromatic rings. The van der Waals surface area contributed by atoms with Crippen molar-refractivity contribution in [2.75, 3.05) is 32.5 Å². The van der Waals surface area contributed by atoms with Gasteiger partial charge in [-0.25, -0.2) is 0 Å². The van der Waals surface area contributed by atoms with Gasteiger partial charge in [-0.15, -0.1) is 0 Å². The third-order valence-electron chi connectivity index (χ3n) is 8.17. The molecule has 0 spiro atoms. The third-order valence-corrected chi connectivity index (χ3v) is 8.17. The topological polar surface area (TPSA) is 97.5 Å². The molecule has 0 bridgehead atoms. The zero-order valence-corrected chi connectivity index (χ0v) is 24.5. The number of hydrogen-bond donors (Lipinski definition) is 3. The van der Waals surface area contributed by atoms with E-state index in [-0.39, 0.29) is 29.8 Å². The molecular formula is C33H39N5O3. The lowest BCUT2D eigenvalue weighted by molar-refractivity contribution is -0.110. The minimum atomic E-state index is -0.238. The van der Waals surface area contributed by atoms with Crippen LogP contribution in [0.25, 0.3) is 11.6 Å². The Bertz CT molecular complexity index is 1500. The van der Waals surface area contributed by atoms with E-state index in [1.165, 1.54) is 0 Å². The van der Waals surface area contributed by atoms with E-state index >= 15 is 0 Å². The van der Waals surface area contributed by atoms with Gasteiger partial charge in [0.15, 0.2) is 0 Å². The minimum absolute atomic E-state index is 0.0318. The first kappa shape index (κ1) is 28.4. The fraction of sp³-hybridized carbons (Fsp3) is 0.364. The van der Waals surface area contributed by atoms with Gasteiger partial charge in [-0.2, -0.15) is 0 Å². The van der Waals surface area contributed by atoms with Crippen LogP contribution in [0.4, 0.5) is 5.69 Å². The van der Waals surface area contributed by atoms with Crippen LogP contribution in [-0.4, -0.2) is 65.7 Å². The number of nitrogens with zero attached hydrogens (tertiary/aromatic N) is 2. The number of aromatic nitrogens is 1. The molecule has 3 amide bonds. The van der Waals surface area contributed by atoms with Gasteiger partial charge in [0, 0.05) is 47.3 Å². The van der Waals surface area contributed by atoms with Crippen LogP contribution in [0, 0.1) is 13.8 Å². The SMILES string of the molecule is CC[C@@H](NC(=O)c1ccc2c(c1)C(=Cc1[nH]c(C)c(C(=O)N3CCC[C@H]3CN(C)C)c1C)C(=O)N2)c1ccccc1. The number of nitrogens with one attached hydrogen (secondary N) is 3. The minimum Gasteiger partial charge on any atom is -0.358 e. The summed E-state index contributed by atoms with van der Waals surface area (Å²) >= 11 is 0. The molecule has 2 aliphatic rings. The maximum Gasteiger partial charge on any atom is 0.256 e. The molecule has 0 unspecified atom stereocenters. The number of carbonyl (C=O) groups is 3. The van der Waals surface area contributed by atoms with Crippen LogP contribution < -0.4 is 10.6 Å². The van der Waals surface area contributed by atoms with E-state index in [9.17, 15) is 14.4 Å². The molecule has 8 heteroatoms. The predicted octanol–water partition coefficient (Wildman–Crippen LogP) is 5.17. The van der Waals surface area contributed by atoms with E-state index < -0.39 is 0 Å². The Hall–Kier alpha value is -4.17. The third kappa shape index (κ3) is 5.70. The predicted molar refractivity (Wildman–Crippen MR) is 163 cm³/mol. The molecule has 8 nitrogen and oxygen atoms in total. The fourth-order valence-corrected chi connectivity index (χ4v) is 6.06. The van der Waals surface area contributed by atoms with Gasteiger partial charge in [0.1, 0.15) is 0 Å². The quantitative estimate of drug-likeness (QED) is 0.335. The Morgan fingerprint density at radius 2 is 1.90 bits per heavy atom. The highest BCUT2D eigenvalue weighted by Crippen LogP contribution is 2.35. The van der Waals surface area contributed by atoms with Gasteiger partial charge >= 0.3 is 0 Å². The summed E-state index contributed by atoms with van der Waals surface area (Å²) in [5.41, 5.74) is 6.31. The summed E-state index contributed by atoms with van der Waals surface area (Å²) in [6, 6.07) is 15.2. The highest BCUT2D eigenvalue weighted by Gasteiger charge is 2.33. The number of amides is 3. The smallest absolute Gasteiger partial charge is 0.256 e. The molecule has 214 valence electrons. The monoisotopic (exact) mass is 553 g/mol. The average Bonchev–Trinajstić information content (AvgIpc) is 3.62. The largest absolute Gasteiger partial charge is 0.358 e. The number of H-pyrrole nitrogens is 1. The maximum atomic E-state index is 13.7. The van der Waals surface area contributed by atoms with E-state index in [1.54, 1.807) is 24.3 Å². The summed E-state index contributed by atoms with van der Waals surface area (Å²) in [6.45, 7) is 7.45. The molecule has 0 radical (unpaired) electrons. The zero-order chi connectivity index (χ0) is 29.3. The molecule has 41 heavy (non-hydrogen) atoms. The number of likely N-dealkylation sites (N-methyl/N-ethyl adjacent to an activating group) is 1. The first-order valence-corrected chi connectivity index (χ1v) is 14.4. The Morgan fingerprint density at radius 3 is 2.61 bits per heavy atom. The second-order valence-corrected chi connectivity index (χ2v) is 11.3. The Balaban J connectivity index is 1.42. The van der Waals surface area contributed by atoms with Gasteiger partial charge in [0.2, 0.25) is 0 Å². The second kappa shape index (κ2) is 11.7. The van der Waals surface area contributed by atoms with Gasteiger partial charge in [-0.3, -0.25) is 14.4 Å². The molecular weight excluding hydrogens is 514 g/mol. The number of rotatable bonds is 8. The summed E-state index contributed by atoms with van der Waals surface area (Å²) in [7, 11) is 4.06. The molecule has 0 aliphatic carbocycles. The highest BCUT2D eigenvalue weighted by atomic mass is 16.2. The van der Waals surface area contributed by atoms with Crippen LogP contribution in [0.2, 0.25) is 0 Å². The first-order chi connectivity index (χ1) is 19.7. The number of likely N-dealkylation sites (tertiary alicyclic amines) is 1. The lowest BCUT2D eigenvalue weighted by atomic mass is 10.0. The first-order valence-electron chi connectivity index (χ1n) is 14.4. The Morgan fingerprint density at radius 1 is 1.15 bits per heavy atom. The molecule has 0 saturated carbocycles. The number of hydrogen-bond acceptors (Lipinski definition) is 4. The van der Waals surface area contributed by atoms with Gasteiger partial charge in [0.25, 0.3) is 17.7 Å². The molecule has 2 aliphatic heterocycles. The van der Waals surface area contributed by atoms with E-state index in [1.807, 2.05) is 70.1 Å². The van der Waals surface area contributed by atoms with Crippen molar-refractivity contribution in [1.29, 1.82) is 0 Å². The summed E-state index contributed by atoms with van der Waals surface area (Å²) in [5, 5.41) is 6.04. The molecule has 1 fully saturated rings. The molecule has 1 aromatic heterocycles. The van der Waals surface area contributed by atoms with Crippen molar-refractivity contribution in [3.8, 4) is 0 Å². The van der Waals surface area contributed by atoms with E-state index in [0.29, 0.717) is 28.0 Å². The van der Waals surface area contributed by atoms with Crippen LogP contribution in [0.15, 0.2) is 48.5 Å². The highest BCUT2D eigenvalue weighted by molar-refractivity contribution is 6.35. The van der Waals surface area contributed by atoms with Gasteiger partial charge in [-0.1, -0.05) is 37.3 Å². The standard InChI is InChI=1S/C33H39N5O3/c1-6-27(22-11-8-7-9-12-22)35-31(39)23-14-15-28-25(17-23)26(32(40)36-28)18-29-20(2)30(21(3)34-29)33(41)38-16-10-13-24(38)19-37(4)5/h7-9,11-12,14-15,17-18,24,27,34H,6,10,13,16,19H2,1-5H3,(H,35,39)(H,36,40)/t24-,27+/m0/s1. The van der Waals surface area contributed by atoms with Crippen molar-refractivity contribution in [1.82, 2.24) is 20.1 Å². The number of aryl methyl sites for hydroxylation is 1. The summed E-state index contributed by atoms with van der Waals surface area (Å²) in [5.74, 6) is -0.400. The molecule has 2 atom stereocenters. The summed E-state index contributed by atoms with van der Waals surface area (Å²) in [4.78, 5) is 47.4. The number of carbonyl (C=O) groups excluding carboxylic acids is 3. The maximum absolute atomic E-state index is 13.7. The second-order valence-electron chi connectivity index (χ2n) is 11.3. The van der Waals surface area contributed by atoms with Gasteiger partial charge in [-0.05, 0) is 82.6 Å². The summed E-state index contributed by atoms with van der Waals surface area (Å²) in [6.07, 6.45) is 4.55. The molecule has 3 N–H and O–H groups in total. The van der Waals surface area contributed by atoms with Crippen molar-refractivity contribution < 1.29 is 14.4 Å². The number of aromatic amines is 1. The van der Waals surface area contributed by atoms with Crippen LogP contribution in [0.3, 0.4) is 0 Å². The van der Waals surface area contributed by atoms with Crippen LogP contribution in [0.1, 0.15) is 81.0 Å². The van der Waals surface area contributed by atoms with Crippen molar-refractivity contribution in [3.05, 3.63) is 87.7 Å². The lowest BCUT2D eigenvalue weighted by Gasteiger charge is -2.27. The molecule has 5 rings (SSSR count). The van der Waals surface area contributed by atoms with Crippen molar-refractivity contribution in [2.24, 2.45) is 0 Å². The number of benzene rings is 2. The van der Waals surface area contributed by atoms with Gasteiger partial charge < -0.3 is 25.4 Å². The van der Waals surface area contributed by atoms with Gasteiger partial charge in [0.05, 0.1) is 17.2 Å². The summed E-state index contributed by atoms with van der Waals surface area (Å²) < 4.78 is 0. The van der Waals surface area contributed by atoms with Crippen molar-refractivity contribution in [3.63, 3.8) is 0 Å². The number of fused-ring (bicyclic) bond motifs is 1. The Labute approximate surface area is 241 Å². The fourth-order valence-electron chi connectivity index (χ4n) is 6.06.